The number of rotatable bonds is 5. The molecule has 0 spiro atoms. The Morgan fingerprint density at radius 3 is 2.50 bits per heavy atom. The first kappa shape index (κ1) is 16.9. The molecule has 1 fully saturated rings. The highest BCUT2D eigenvalue weighted by molar-refractivity contribution is 7.99. The Morgan fingerprint density at radius 2 is 1.86 bits per heavy atom. The normalized spacial score (nSPS) is 21.2. The van der Waals surface area contributed by atoms with Crippen molar-refractivity contribution >= 4 is 29.3 Å². The van der Waals surface area contributed by atoms with E-state index in [9.17, 15) is 9.59 Å². The number of benzene rings is 1. The van der Waals surface area contributed by atoms with Crippen LogP contribution in [0.2, 0.25) is 0 Å². The van der Waals surface area contributed by atoms with Gasteiger partial charge in [-0.05, 0) is 42.9 Å². The fraction of sp³-hybridized carbons (Fsp3) is 0.529. The van der Waals surface area contributed by atoms with Gasteiger partial charge in [-0.3, -0.25) is 9.59 Å². The molecule has 0 heterocycles. The lowest BCUT2D eigenvalue weighted by atomic mass is 9.94. The van der Waals surface area contributed by atoms with Gasteiger partial charge in [0.2, 0.25) is 5.91 Å². The zero-order valence-corrected chi connectivity index (χ0v) is 14.0. The predicted molar refractivity (Wildman–Crippen MR) is 92.4 cm³/mol. The second kappa shape index (κ2) is 8.22. The van der Waals surface area contributed by atoms with E-state index in [0.29, 0.717) is 16.5 Å². The SMILES string of the molecule is CCS[C@H]1CCCC[C@@H]1NC(=O)c1ccc(NC(C)=O)cc1. The van der Waals surface area contributed by atoms with E-state index < -0.39 is 0 Å². The first-order valence-electron chi connectivity index (χ1n) is 7.90. The summed E-state index contributed by atoms with van der Waals surface area (Å²) >= 11 is 1.94. The van der Waals surface area contributed by atoms with Gasteiger partial charge >= 0.3 is 0 Å². The van der Waals surface area contributed by atoms with Crippen LogP contribution < -0.4 is 10.6 Å². The van der Waals surface area contributed by atoms with Crippen LogP contribution in [0, 0.1) is 0 Å². The van der Waals surface area contributed by atoms with E-state index in [1.165, 1.54) is 26.2 Å². The summed E-state index contributed by atoms with van der Waals surface area (Å²) in [6, 6.07) is 7.29. The van der Waals surface area contributed by atoms with Gasteiger partial charge < -0.3 is 10.6 Å². The molecule has 0 aromatic heterocycles. The summed E-state index contributed by atoms with van der Waals surface area (Å²) in [6.07, 6.45) is 4.70. The molecule has 1 aliphatic carbocycles. The average molecular weight is 320 g/mol. The predicted octanol–water partition coefficient (Wildman–Crippen LogP) is 3.44. The molecule has 1 aliphatic rings. The maximum absolute atomic E-state index is 12.4. The lowest BCUT2D eigenvalue weighted by Crippen LogP contribution is -2.43. The standard InChI is InChI=1S/C17H24N2O2S/c1-3-22-16-7-5-4-6-15(16)19-17(21)13-8-10-14(11-9-13)18-12(2)20/h8-11,15-16H,3-7H2,1-2H3,(H,18,20)(H,19,21)/t15-,16-/m0/s1. The van der Waals surface area contributed by atoms with Crippen LogP contribution in [0.3, 0.4) is 0 Å². The van der Waals surface area contributed by atoms with Crippen molar-refractivity contribution in [2.45, 2.75) is 50.8 Å². The zero-order chi connectivity index (χ0) is 15.9. The van der Waals surface area contributed by atoms with E-state index in [1.54, 1.807) is 24.3 Å². The van der Waals surface area contributed by atoms with Crippen LogP contribution in [-0.4, -0.2) is 28.9 Å². The van der Waals surface area contributed by atoms with Crippen molar-refractivity contribution in [2.75, 3.05) is 11.1 Å². The van der Waals surface area contributed by atoms with Gasteiger partial charge in [0.15, 0.2) is 0 Å². The van der Waals surface area contributed by atoms with Crippen molar-refractivity contribution < 1.29 is 9.59 Å². The smallest absolute Gasteiger partial charge is 0.251 e. The number of thioether (sulfide) groups is 1. The van der Waals surface area contributed by atoms with Gasteiger partial charge in [-0.1, -0.05) is 19.8 Å². The van der Waals surface area contributed by atoms with Gasteiger partial charge in [-0.2, -0.15) is 11.8 Å². The molecule has 1 aromatic rings. The van der Waals surface area contributed by atoms with Crippen molar-refractivity contribution in [1.29, 1.82) is 0 Å². The molecule has 0 saturated heterocycles. The summed E-state index contributed by atoms with van der Waals surface area (Å²) in [5, 5.41) is 6.41. The molecule has 22 heavy (non-hydrogen) atoms. The van der Waals surface area contributed by atoms with Gasteiger partial charge in [0.1, 0.15) is 0 Å². The topological polar surface area (TPSA) is 58.2 Å². The minimum atomic E-state index is -0.112. The minimum absolute atomic E-state index is 0.0250. The number of carbonyl (C=O) groups is 2. The van der Waals surface area contributed by atoms with Crippen LogP contribution in [0.15, 0.2) is 24.3 Å². The van der Waals surface area contributed by atoms with Crippen LogP contribution in [0.5, 0.6) is 0 Å². The van der Waals surface area contributed by atoms with Crippen molar-refractivity contribution in [3.63, 3.8) is 0 Å². The maximum atomic E-state index is 12.4. The number of hydrogen-bond donors (Lipinski definition) is 2. The summed E-state index contributed by atoms with van der Waals surface area (Å²) in [5.74, 6) is 0.949. The molecular formula is C17H24N2O2S. The largest absolute Gasteiger partial charge is 0.348 e. The number of amides is 2. The number of carbonyl (C=O) groups excluding carboxylic acids is 2. The highest BCUT2D eigenvalue weighted by Crippen LogP contribution is 2.28. The molecule has 5 heteroatoms. The molecular weight excluding hydrogens is 296 g/mol. The van der Waals surface area contributed by atoms with Gasteiger partial charge in [0.25, 0.3) is 5.91 Å². The summed E-state index contributed by atoms with van der Waals surface area (Å²) in [5.41, 5.74) is 1.35. The number of hydrogen-bond acceptors (Lipinski definition) is 3. The third-order valence-electron chi connectivity index (χ3n) is 3.87. The Kier molecular flexibility index (Phi) is 6.31. The second-order valence-corrected chi connectivity index (χ2v) is 7.13. The maximum Gasteiger partial charge on any atom is 0.251 e. The lowest BCUT2D eigenvalue weighted by molar-refractivity contribution is -0.114. The molecule has 0 unspecified atom stereocenters. The average Bonchev–Trinajstić information content (AvgIpc) is 2.49. The first-order chi connectivity index (χ1) is 10.6. The Labute approximate surface area is 136 Å². The highest BCUT2D eigenvalue weighted by atomic mass is 32.2. The fourth-order valence-electron chi connectivity index (χ4n) is 2.84. The van der Waals surface area contributed by atoms with Gasteiger partial charge in [-0.25, -0.2) is 0 Å². The van der Waals surface area contributed by atoms with Crippen molar-refractivity contribution in [3.05, 3.63) is 29.8 Å². The molecule has 2 rings (SSSR count). The number of anilines is 1. The third kappa shape index (κ3) is 4.77. The second-order valence-electron chi connectivity index (χ2n) is 5.62. The molecule has 0 aliphatic heterocycles. The van der Waals surface area contributed by atoms with E-state index in [-0.39, 0.29) is 17.9 Å². The van der Waals surface area contributed by atoms with Crippen LogP contribution in [0.25, 0.3) is 0 Å². The molecule has 120 valence electrons. The van der Waals surface area contributed by atoms with Gasteiger partial charge in [0.05, 0.1) is 0 Å². The molecule has 1 aromatic carbocycles. The molecule has 2 N–H and O–H groups in total. The summed E-state index contributed by atoms with van der Waals surface area (Å²) < 4.78 is 0. The third-order valence-corrected chi connectivity index (χ3v) is 5.19. The van der Waals surface area contributed by atoms with Gasteiger partial charge in [0, 0.05) is 29.5 Å². The van der Waals surface area contributed by atoms with Crippen LogP contribution in [0.1, 0.15) is 49.9 Å². The van der Waals surface area contributed by atoms with E-state index in [1.807, 2.05) is 11.8 Å². The Balaban J connectivity index is 1.97. The van der Waals surface area contributed by atoms with Crippen LogP contribution in [-0.2, 0) is 4.79 Å². The minimum Gasteiger partial charge on any atom is -0.348 e. The summed E-state index contributed by atoms with van der Waals surface area (Å²) in [4.78, 5) is 23.4. The van der Waals surface area contributed by atoms with E-state index in [2.05, 4.69) is 17.6 Å². The van der Waals surface area contributed by atoms with Crippen LogP contribution in [0.4, 0.5) is 5.69 Å². The zero-order valence-electron chi connectivity index (χ0n) is 13.2. The van der Waals surface area contributed by atoms with Crippen LogP contribution >= 0.6 is 11.8 Å². The molecule has 2 atom stereocenters. The fourth-order valence-corrected chi connectivity index (χ4v) is 4.03. The van der Waals surface area contributed by atoms with Crippen molar-refractivity contribution in [2.24, 2.45) is 0 Å². The monoisotopic (exact) mass is 320 g/mol. The van der Waals surface area contributed by atoms with E-state index in [4.69, 9.17) is 0 Å². The molecule has 4 nitrogen and oxygen atoms in total. The van der Waals surface area contributed by atoms with E-state index in [0.717, 1.165) is 12.2 Å². The molecule has 0 bridgehead atoms. The van der Waals surface area contributed by atoms with Gasteiger partial charge in [-0.15, -0.1) is 0 Å². The van der Waals surface area contributed by atoms with Crippen molar-refractivity contribution in [1.82, 2.24) is 5.32 Å². The van der Waals surface area contributed by atoms with E-state index >= 15 is 0 Å². The quantitative estimate of drug-likeness (QED) is 0.874. The Hall–Kier alpha value is -1.49. The molecule has 1 saturated carbocycles. The summed E-state index contributed by atoms with van der Waals surface area (Å²) in [6.45, 7) is 3.63. The molecule has 2 amide bonds. The highest BCUT2D eigenvalue weighted by Gasteiger charge is 2.26. The first-order valence-corrected chi connectivity index (χ1v) is 8.95. The lowest BCUT2D eigenvalue weighted by Gasteiger charge is -2.31. The summed E-state index contributed by atoms with van der Waals surface area (Å²) in [7, 11) is 0. The van der Waals surface area contributed by atoms with Crippen molar-refractivity contribution in [3.8, 4) is 0 Å². The number of nitrogens with one attached hydrogen (secondary N) is 2. The Bertz CT molecular complexity index is 514. The molecule has 0 radical (unpaired) electrons. The Morgan fingerprint density at radius 1 is 1.18 bits per heavy atom.